The number of aliphatic hydroxyl groups excluding tert-OH is 2. The first-order valence-corrected chi connectivity index (χ1v) is 5.70. The van der Waals surface area contributed by atoms with Crippen LogP contribution in [-0.2, 0) is 0 Å². The van der Waals surface area contributed by atoms with Crippen molar-refractivity contribution in [2.24, 2.45) is 0 Å². The van der Waals surface area contributed by atoms with Crippen LogP contribution in [0.1, 0.15) is 11.5 Å². The van der Waals surface area contributed by atoms with Crippen LogP contribution in [0.2, 0.25) is 0 Å². The number of nitriles is 1. The number of rotatable bonds is 7. The molecule has 0 spiro atoms. The molecule has 1 aromatic carbocycles. The van der Waals surface area contributed by atoms with Crippen molar-refractivity contribution < 1.29 is 10.2 Å². The van der Waals surface area contributed by atoms with Gasteiger partial charge in [-0.2, -0.15) is 5.26 Å². The second-order valence-corrected chi connectivity index (χ2v) is 3.84. The summed E-state index contributed by atoms with van der Waals surface area (Å²) in [5.41, 5.74) is 0.968. The molecule has 0 heterocycles. The van der Waals surface area contributed by atoms with Gasteiger partial charge in [0.05, 0.1) is 25.2 Å². The Bertz CT molecular complexity index is 342. The first-order valence-electron chi connectivity index (χ1n) is 5.70. The zero-order valence-corrected chi connectivity index (χ0v) is 9.79. The molecular weight excluding hydrogens is 216 g/mol. The average Bonchev–Trinajstić information content (AvgIpc) is 2.37. The maximum absolute atomic E-state index is 9.16. The van der Waals surface area contributed by atoms with Crippen LogP contribution in [0.4, 0.5) is 0 Å². The molecule has 0 aliphatic rings. The highest BCUT2D eigenvalue weighted by molar-refractivity contribution is 5.25. The zero-order valence-electron chi connectivity index (χ0n) is 9.79. The fourth-order valence-electron chi connectivity index (χ4n) is 1.74. The summed E-state index contributed by atoms with van der Waals surface area (Å²) in [7, 11) is 0. The molecule has 0 aromatic heterocycles. The third-order valence-electron chi connectivity index (χ3n) is 2.63. The molecule has 1 unspecified atom stereocenters. The van der Waals surface area contributed by atoms with Gasteiger partial charge >= 0.3 is 0 Å². The molecular formula is C13H18N2O2. The second-order valence-electron chi connectivity index (χ2n) is 3.84. The zero-order chi connectivity index (χ0) is 12.5. The number of benzene rings is 1. The van der Waals surface area contributed by atoms with Gasteiger partial charge in [0.1, 0.15) is 0 Å². The molecule has 1 atom stereocenters. The molecule has 1 aromatic rings. The summed E-state index contributed by atoms with van der Waals surface area (Å²) in [6.45, 7) is 1.55. The van der Waals surface area contributed by atoms with Gasteiger partial charge in [-0.1, -0.05) is 30.3 Å². The van der Waals surface area contributed by atoms with Crippen LogP contribution in [0, 0.1) is 11.3 Å². The quantitative estimate of drug-likeness (QED) is 0.724. The minimum Gasteiger partial charge on any atom is -0.395 e. The van der Waals surface area contributed by atoms with Gasteiger partial charge < -0.3 is 10.2 Å². The molecule has 0 fully saturated rings. The Labute approximate surface area is 102 Å². The van der Waals surface area contributed by atoms with E-state index >= 15 is 0 Å². The fraction of sp³-hybridized carbons (Fsp3) is 0.462. The lowest BCUT2D eigenvalue weighted by molar-refractivity contribution is 0.159. The van der Waals surface area contributed by atoms with Crippen molar-refractivity contribution in [2.45, 2.75) is 5.92 Å². The Morgan fingerprint density at radius 1 is 1.12 bits per heavy atom. The van der Waals surface area contributed by atoms with Crippen molar-refractivity contribution in [2.75, 3.05) is 32.8 Å². The van der Waals surface area contributed by atoms with Gasteiger partial charge in [0.25, 0.3) is 0 Å². The van der Waals surface area contributed by atoms with Crippen LogP contribution in [0.3, 0.4) is 0 Å². The van der Waals surface area contributed by atoms with Crippen molar-refractivity contribution in [1.29, 1.82) is 5.26 Å². The highest BCUT2D eigenvalue weighted by Crippen LogP contribution is 2.15. The van der Waals surface area contributed by atoms with Crippen LogP contribution in [0.25, 0.3) is 0 Å². The molecule has 0 aliphatic carbocycles. The molecule has 1 rings (SSSR count). The summed E-state index contributed by atoms with van der Waals surface area (Å²) in [5, 5.41) is 27.0. The van der Waals surface area contributed by atoms with Crippen LogP contribution in [0.15, 0.2) is 30.3 Å². The van der Waals surface area contributed by atoms with Gasteiger partial charge in [0.15, 0.2) is 0 Å². The van der Waals surface area contributed by atoms with Crippen molar-refractivity contribution in [1.82, 2.24) is 4.90 Å². The normalized spacial score (nSPS) is 12.4. The summed E-state index contributed by atoms with van der Waals surface area (Å²) in [5.74, 6) is -0.228. The van der Waals surface area contributed by atoms with E-state index in [1.54, 1.807) is 0 Å². The molecule has 0 bridgehead atoms. The van der Waals surface area contributed by atoms with E-state index in [2.05, 4.69) is 6.07 Å². The third kappa shape index (κ3) is 4.53. The number of nitrogens with zero attached hydrogens (tertiary/aromatic N) is 2. The largest absolute Gasteiger partial charge is 0.395 e. The third-order valence-corrected chi connectivity index (χ3v) is 2.63. The summed E-state index contributed by atoms with van der Waals surface area (Å²) in [6.07, 6.45) is 0. The molecule has 0 saturated heterocycles. The van der Waals surface area contributed by atoms with Crippen molar-refractivity contribution in [3.05, 3.63) is 35.9 Å². The van der Waals surface area contributed by atoms with Gasteiger partial charge in [0, 0.05) is 19.6 Å². The predicted molar refractivity (Wildman–Crippen MR) is 65.4 cm³/mol. The van der Waals surface area contributed by atoms with E-state index in [0.29, 0.717) is 19.6 Å². The maximum atomic E-state index is 9.16. The minimum absolute atomic E-state index is 0.0347. The number of aliphatic hydroxyl groups is 2. The van der Waals surface area contributed by atoms with Gasteiger partial charge in [-0.25, -0.2) is 0 Å². The van der Waals surface area contributed by atoms with Crippen LogP contribution < -0.4 is 0 Å². The van der Waals surface area contributed by atoms with Crippen LogP contribution in [-0.4, -0.2) is 48.0 Å². The molecule has 0 amide bonds. The van der Waals surface area contributed by atoms with Crippen LogP contribution >= 0.6 is 0 Å². The van der Waals surface area contributed by atoms with E-state index < -0.39 is 0 Å². The van der Waals surface area contributed by atoms with E-state index in [9.17, 15) is 0 Å². The Hall–Kier alpha value is -1.41. The second kappa shape index (κ2) is 7.80. The van der Waals surface area contributed by atoms with Gasteiger partial charge in [-0.05, 0) is 5.56 Å². The van der Waals surface area contributed by atoms with Gasteiger partial charge in [0.2, 0.25) is 0 Å². The van der Waals surface area contributed by atoms with Gasteiger partial charge in [-0.15, -0.1) is 0 Å². The fourth-order valence-corrected chi connectivity index (χ4v) is 1.74. The average molecular weight is 234 g/mol. The van der Waals surface area contributed by atoms with Crippen LogP contribution in [0.5, 0.6) is 0 Å². The van der Waals surface area contributed by atoms with E-state index in [1.807, 2.05) is 35.2 Å². The molecule has 2 N–H and O–H groups in total. The summed E-state index contributed by atoms with van der Waals surface area (Å²) in [6, 6.07) is 11.8. The molecule has 92 valence electrons. The first-order chi connectivity index (χ1) is 8.31. The lowest BCUT2D eigenvalue weighted by Gasteiger charge is -2.22. The summed E-state index contributed by atoms with van der Waals surface area (Å²) < 4.78 is 0. The van der Waals surface area contributed by atoms with E-state index in [0.717, 1.165) is 5.56 Å². The van der Waals surface area contributed by atoms with E-state index in [1.165, 1.54) is 0 Å². The SMILES string of the molecule is N#CC(CN(CCO)CCO)c1ccccc1. The summed E-state index contributed by atoms with van der Waals surface area (Å²) in [4.78, 5) is 1.89. The molecule has 4 heteroatoms. The Kier molecular flexibility index (Phi) is 6.26. The lowest BCUT2D eigenvalue weighted by Crippen LogP contribution is -2.33. The number of hydrogen-bond donors (Lipinski definition) is 2. The lowest BCUT2D eigenvalue weighted by atomic mass is 10.0. The molecule has 4 nitrogen and oxygen atoms in total. The monoisotopic (exact) mass is 234 g/mol. The molecule has 17 heavy (non-hydrogen) atoms. The Morgan fingerprint density at radius 3 is 2.18 bits per heavy atom. The first kappa shape index (κ1) is 13.7. The highest BCUT2D eigenvalue weighted by Gasteiger charge is 2.14. The minimum atomic E-state index is -0.228. The highest BCUT2D eigenvalue weighted by atomic mass is 16.3. The van der Waals surface area contributed by atoms with E-state index in [-0.39, 0.29) is 19.1 Å². The van der Waals surface area contributed by atoms with Crippen molar-refractivity contribution in [3.8, 4) is 6.07 Å². The van der Waals surface area contributed by atoms with Crippen molar-refractivity contribution in [3.63, 3.8) is 0 Å². The Balaban J connectivity index is 2.65. The summed E-state index contributed by atoms with van der Waals surface area (Å²) >= 11 is 0. The standard InChI is InChI=1S/C13H18N2O2/c14-10-13(12-4-2-1-3-5-12)11-15(6-8-16)7-9-17/h1-5,13,16-17H,6-9,11H2. The van der Waals surface area contributed by atoms with Gasteiger partial charge in [-0.3, -0.25) is 4.90 Å². The molecule has 0 saturated carbocycles. The smallest absolute Gasteiger partial charge is 0.0839 e. The maximum Gasteiger partial charge on any atom is 0.0839 e. The number of hydrogen-bond acceptors (Lipinski definition) is 4. The topological polar surface area (TPSA) is 67.5 Å². The van der Waals surface area contributed by atoms with Crippen molar-refractivity contribution >= 4 is 0 Å². The molecule has 0 aliphatic heterocycles. The van der Waals surface area contributed by atoms with E-state index in [4.69, 9.17) is 15.5 Å². The predicted octanol–water partition coefficient (Wildman–Crippen LogP) is 0.580. The Morgan fingerprint density at radius 2 is 1.71 bits per heavy atom. The molecule has 0 radical (unpaired) electrons.